The zero-order valence-electron chi connectivity index (χ0n) is 13.7. The lowest BCUT2D eigenvalue weighted by molar-refractivity contribution is 0.102. The van der Waals surface area contributed by atoms with Gasteiger partial charge in [0.25, 0.3) is 5.91 Å². The van der Waals surface area contributed by atoms with Gasteiger partial charge in [-0.25, -0.2) is 0 Å². The molecule has 0 saturated carbocycles. The third kappa shape index (κ3) is 3.27. The Morgan fingerprint density at radius 2 is 1.83 bits per heavy atom. The molecule has 0 aliphatic heterocycles. The molecule has 0 saturated heterocycles. The van der Waals surface area contributed by atoms with Gasteiger partial charge in [-0.05, 0) is 49.7 Å². The lowest BCUT2D eigenvalue weighted by Crippen LogP contribution is -2.13. The Morgan fingerprint density at radius 3 is 2.54 bits per heavy atom. The molecule has 0 radical (unpaired) electrons. The van der Waals surface area contributed by atoms with E-state index in [0.29, 0.717) is 11.5 Å². The summed E-state index contributed by atoms with van der Waals surface area (Å²) in [6.45, 7) is 3.82. The second kappa shape index (κ2) is 6.54. The van der Waals surface area contributed by atoms with Gasteiger partial charge in [0, 0.05) is 11.1 Å². The van der Waals surface area contributed by atoms with Crippen molar-refractivity contribution in [1.82, 2.24) is 10.2 Å². The van der Waals surface area contributed by atoms with E-state index >= 15 is 0 Å². The molecule has 6 heteroatoms. The summed E-state index contributed by atoms with van der Waals surface area (Å²) < 4.78 is 10.6. The molecular weight excluding hydrogens is 306 g/mol. The number of carbonyl (C=O) groups excluding carboxylic acids is 1. The van der Waals surface area contributed by atoms with Gasteiger partial charge in [0.2, 0.25) is 5.89 Å². The monoisotopic (exact) mass is 323 g/mol. The number of hydrogen-bond donors (Lipinski definition) is 1. The van der Waals surface area contributed by atoms with Crippen LogP contribution in [-0.4, -0.2) is 23.2 Å². The molecule has 0 spiro atoms. The van der Waals surface area contributed by atoms with Crippen molar-refractivity contribution in [2.75, 3.05) is 12.4 Å². The molecule has 1 N–H and O–H groups in total. The van der Waals surface area contributed by atoms with E-state index in [1.54, 1.807) is 19.2 Å². The molecule has 1 aromatic heterocycles. The van der Waals surface area contributed by atoms with Gasteiger partial charge < -0.3 is 9.15 Å². The van der Waals surface area contributed by atoms with Gasteiger partial charge in [0.1, 0.15) is 5.75 Å². The highest BCUT2D eigenvalue weighted by atomic mass is 16.5. The molecule has 1 amide bonds. The fourth-order valence-corrected chi connectivity index (χ4v) is 2.27. The van der Waals surface area contributed by atoms with E-state index in [1.807, 2.05) is 44.2 Å². The molecule has 6 nitrogen and oxygen atoms in total. The van der Waals surface area contributed by atoms with Crippen LogP contribution < -0.4 is 10.1 Å². The first-order valence-corrected chi connectivity index (χ1v) is 7.43. The maximum atomic E-state index is 12.4. The van der Waals surface area contributed by atoms with E-state index in [0.717, 1.165) is 22.4 Å². The van der Waals surface area contributed by atoms with Gasteiger partial charge in [0.05, 0.1) is 7.11 Å². The Kier molecular flexibility index (Phi) is 4.29. The second-order valence-electron chi connectivity index (χ2n) is 5.41. The predicted octanol–water partition coefficient (Wildman–Crippen LogP) is 3.61. The molecule has 3 aromatic rings. The number of nitrogens with zero attached hydrogens (tertiary/aromatic N) is 2. The van der Waals surface area contributed by atoms with Crippen molar-refractivity contribution in [2.24, 2.45) is 0 Å². The van der Waals surface area contributed by atoms with Crippen molar-refractivity contribution in [2.45, 2.75) is 13.8 Å². The number of carbonyl (C=O) groups is 1. The smallest absolute Gasteiger partial charge is 0.322 e. The van der Waals surface area contributed by atoms with Crippen LogP contribution >= 0.6 is 0 Å². The Bertz CT molecular complexity index is 869. The van der Waals surface area contributed by atoms with Gasteiger partial charge in [-0.1, -0.05) is 22.8 Å². The molecule has 3 rings (SSSR count). The highest BCUT2D eigenvalue weighted by Crippen LogP contribution is 2.23. The maximum absolute atomic E-state index is 12.4. The minimum absolute atomic E-state index is 0.0618. The number of hydrogen-bond acceptors (Lipinski definition) is 5. The van der Waals surface area contributed by atoms with Gasteiger partial charge in [-0.3, -0.25) is 10.1 Å². The maximum Gasteiger partial charge on any atom is 0.322 e. The van der Waals surface area contributed by atoms with Crippen LogP contribution in [0.15, 0.2) is 46.9 Å². The molecule has 2 aromatic carbocycles. The minimum atomic E-state index is -0.277. The first kappa shape index (κ1) is 15.7. The number of aromatic nitrogens is 2. The standard InChI is InChI=1S/C18H17N3O3/c1-11-4-5-12(2)15(10-11)16(22)19-18-21-20-17(24-18)13-6-8-14(23-3)9-7-13/h4-10H,1-3H3,(H,19,21,22). The number of aryl methyl sites for hydroxylation is 2. The Labute approximate surface area is 139 Å². The van der Waals surface area contributed by atoms with Crippen LogP contribution in [0.5, 0.6) is 5.75 Å². The van der Waals surface area contributed by atoms with Crippen LogP contribution in [0, 0.1) is 13.8 Å². The highest BCUT2D eigenvalue weighted by Gasteiger charge is 2.14. The van der Waals surface area contributed by atoms with Gasteiger partial charge >= 0.3 is 6.01 Å². The lowest BCUT2D eigenvalue weighted by Gasteiger charge is -2.05. The quantitative estimate of drug-likeness (QED) is 0.793. The van der Waals surface area contributed by atoms with E-state index in [-0.39, 0.29) is 11.9 Å². The van der Waals surface area contributed by atoms with Gasteiger partial charge in [-0.15, -0.1) is 5.10 Å². The first-order chi connectivity index (χ1) is 11.6. The molecule has 0 atom stereocenters. The van der Waals surface area contributed by atoms with E-state index in [2.05, 4.69) is 15.5 Å². The Morgan fingerprint density at radius 1 is 1.08 bits per heavy atom. The Balaban J connectivity index is 1.78. The molecular formula is C18H17N3O3. The summed E-state index contributed by atoms with van der Waals surface area (Å²) in [5, 5.41) is 10.5. The summed E-state index contributed by atoms with van der Waals surface area (Å²) in [5.74, 6) is 0.789. The third-order valence-corrected chi connectivity index (χ3v) is 3.62. The van der Waals surface area contributed by atoms with E-state index < -0.39 is 0 Å². The number of methoxy groups -OCH3 is 1. The molecule has 24 heavy (non-hydrogen) atoms. The molecule has 122 valence electrons. The van der Waals surface area contributed by atoms with Crippen molar-refractivity contribution >= 4 is 11.9 Å². The predicted molar refractivity (Wildman–Crippen MR) is 90.2 cm³/mol. The average molecular weight is 323 g/mol. The van der Waals surface area contributed by atoms with Crippen LogP contribution in [0.25, 0.3) is 11.5 Å². The van der Waals surface area contributed by atoms with E-state index in [4.69, 9.17) is 9.15 Å². The molecule has 0 bridgehead atoms. The zero-order chi connectivity index (χ0) is 17.1. The highest BCUT2D eigenvalue weighted by molar-refractivity contribution is 6.04. The second-order valence-corrected chi connectivity index (χ2v) is 5.41. The zero-order valence-corrected chi connectivity index (χ0v) is 13.7. The van der Waals surface area contributed by atoms with Crippen molar-refractivity contribution in [1.29, 1.82) is 0 Å². The lowest BCUT2D eigenvalue weighted by atomic mass is 10.1. The summed E-state index contributed by atoms with van der Waals surface area (Å²) in [5.41, 5.74) is 3.22. The van der Waals surface area contributed by atoms with Crippen LogP contribution in [0.1, 0.15) is 21.5 Å². The summed E-state index contributed by atoms with van der Waals surface area (Å²) in [6, 6.07) is 13.0. The summed E-state index contributed by atoms with van der Waals surface area (Å²) >= 11 is 0. The summed E-state index contributed by atoms with van der Waals surface area (Å²) in [4.78, 5) is 12.4. The van der Waals surface area contributed by atoms with Crippen molar-refractivity contribution < 1.29 is 13.9 Å². The van der Waals surface area contributed by atoms with Crippen LogP contribution in [0.3, 0.4) is 0 Å². The topological polar surface area (TPSA) is 77.3 Å². The van der Waals surface area contributed by atoms with Gasteiger partial charge in [0.15, 0.2) is 0 Å². The summed E-state index contributed by atoms with van der Waals surface area (Å²) in [6.07, 6.45) is 0. The van der Waals surface area contributed by atoms with E-state index in [9.17, 15) is 4.79 Å². The fourth-order valence-electron chi connectivity index (χ4n) is 2.27. The number of nitrogens with one attached hydrogen (secondary N) is 1. The molecule has 1 heterocycles. The largest absolute Gasteiger partial charge is 0.497 e. The molecule has 0 unspecified atom stereocenters. The van der Waals surface area contributed by atoms with Crippen molar-refractivity contribution in [3.8, 4) is 17.2 Å². The SMILES string of the molecule is COc1ccc(-c2nnc(NC(=O)c3cc(C)ccc3C)o2)cc1. The number of rotatable bonds is 4. The molecule has 0 aliphatic carbocycles. The van der Waals surface area contributed by atoms with Crippen LogP contribution in [-0.2, 0) is 0 Å². The van der Waals surface area contributed by atoms with Crippen LogP contribution in [0.4, 0.5) is 6.01 Å². The minimum Gasteiger partial charge on any atom is -0.497 e. The number of benzene rings is 2. The normalized spacial score (nSPS) is 10.5. The number of ether oxygens (including phenoxy) is 1. The van der Waals surface area contributed by atoms with Crippen LogP contribution in [0.2, 0.25) is 0 Å². The Hall–Kier alpha value is -3.15. The number of amides is 1. The van der Waals surface area contributed by atoms with E-state index in [1.165, 1.54) is 0 Å². The first-order valence-electron chi connectivity index (χ1n) is 7.43. The number of anilines is 1. The van der Waals surface area contributed by atoms with Gasteiger partial charge in [-0.2, -0.15) is 0 Å². The molecule has 0 aliphatic rings. The van der Waals surface area contributed by atoms with Crippen molar-refractivity contribution in [3.05, 3.63) is 59.2 Å². The average Bonchev–Trinajstić information content (AvgIpc) is 3.05. The third-order valence-electron chi connectivity index (χ3n) is 3.62. The summed E-state index contributed by atoms with van der Waals surface area (Å²) in [7, 11) is 1.60. The van der Waals surface area contributed by atoms with Crippen molar-refractivity contribution in [3.63, 3.8) is 0 Å². The molecule has 0 fully saturated rings. The fraction of sp³-hybridized carbons (Fsp3) is 0.167.